The predicted molar refractivity (Wildman–Crippen MR) is 130 cm³/mol. The molecular weight excluding hydrogens is 434 g/mol. The van der Waals surface area contributed by atoms with Crippen molar-refractivity contribution in [2.24, 2.45) is 13.0 Å². The summed E-state index contributed by atoms with van der Waals surface area (Å²) in [5.41, 5.74) is 3.27. The van der Waals surface area contributed by atoms with Crippen molar-refractivity contribution in [2.75, 3.05) is 6.61 Å². The molecule has 0 saturated carbocycles. The highest BCUT2D eigenvalue weighted by molar-refractivity contribution is 7.23. The van der Waals surface area contributed by atoms with Crippen molar-refractivity contribution >= 4 is 21.6 Å². The minimum absolute atomic E-state index is 0.0664. The number of aromatic nitrogens is 5. The molecule has 166 valence electrons. The molecule has 7 nitrogen and oxygen atoms in total. The first-order chi connectivity index (χ1) is 16.0. The highest BCUT2D eigenvalue weighted by Crippen LogP contribution is 2.46. The van der Waals surface area contributed by atoms with Crippen molar-refractivity contribution in [1.82, 2.24) is 24.5 Å². The Bertz CT molecular complexity index is 1410. The van der Waals surface area contributed by atoms with Crippen molar-refractivity contribution in [1.29, 1.82) is 0 Å². The van der Waals surface area contributed by atoms with Crippen molar-refractivity contribution < 1.29 is 9.84 Å². The first-order valence-corrected chi connectivity index (χ1v) is 11.5. The van der Waals surface area contributed by atoms with Gasteiger partial charge in [0.15, 0.2) is 11.6 Å². The molecule has 0 aliphatic heterocycles. The number of fused-ring (bicyclic) bond motifs is 1. The summed E-state index contributed by atoms with van der Waals surface area (Å²) in [6.45, 7) is 4.85. The van der Waals surface area contributed by atoms with Crippen molar-refractivity contribution in [3.05, 3.63) is 61.1 Å². The fourth-order valence-corrected chi connectivity index (χ4v) is 4.69. The van der Waals surface area contributed by atoms with Crippen LogP contribution < -0.4 is 4.74 Å². The van der Waals surface area contributed by atoms with Gasteiger partial charge in [-0.1, -0.05) is 44.2 Å². The SMILES string of the molecule is CC(C)COc1ccc(-c2c(-c3ccccc3)sc3c(O)nc(-c4nccn4C)nc23)nc1. The van der Waals surface area contributed by atoms with E-state index in [2.05, 4.69) is 23.8 Å². The van der Waals surface area contributed by atoms with Gasteiger partial charge in [0.2, 0.25) is 5.88 Å². The smallest absolute Gasteiger partial charge is 0.233 e. The number of hydrogen-bond acceptors (Lipinski definition) is 7. The third-order valence-corrected chi connectivity index (χ3v) is 6.37. The Kier molecular flexibility index (Phi) is 5.51. The maximum absolute atomic E-state index is 10.8. The van der Waals surface area contributed by atoms with Crippen LogP contribution in [0.25, 0.3) is 43.6 Å². The summed E-state index contributed by atoms with van der Waals surface area (Å²) < 4.78 is 8.24. The van der Waals surface area contributed by atoms with Crippen LogP contribution in [0.1, 0.15) is 13.8 Å². The molecule has 0 saturated heterocycles. The summed E-state index contributed by atoms with van der Waals surface area (Å²) in [7, 11) is 1.87. The Morgan fingerprint density at radius 3 is 2.55 bits per heavy atom. The monoisotopic (exact) mass is 457 g/mol. The Balaban J connectivity index is 1.71. The van der Waals surface area contributed by atoms with Gasteiger partial charge < -0.3 is 14.4 Å². The van der Waals surface area contributed by atoms with Crippen molar-refractivity contribution in [3.63, 3.8) is 0 Å². The zero-order chi connectivity index (χ0) is 22.9. The number of hydrogen-bond donors (Lipinski definition) is 1. The van der Waals surface area contributed by atoms with E-state index in [-0.39, 0.29) is 5.88 Å². The molecule has 0 spiro atoms. The van der Waals surface area contributed by atoms with E-state index in [1.807, 2.05) is 60.3 Å². The Morgan fingerprint density at radius 2 is 1.88 bits per heavy atom. The lowest BCUT2D eigenvalue weighted by Gasteiger charge is -2.09. The van der Waals surface area contributed by atoms with Gasteiger partial charge >= 0.3 is 0 Å². The number of benzene rings is 1. The summed E-state index contributed by atoms with van der Waals surface area (Å²) >= 11 is 1.45. The fraction of sp³-hybridized carbons (Fsp3) is 0.200. The quantitative estimate of drug-likeness (QED) is 0.359. The maximum Gasteiger partial charge on any atom is 0.233 e. The molecule has 5 aromatic rings. The van der Waals surface area contributed by atoms with Gasteiger partial charge in [0.1, 0.15) is 10.4 Å². The zero-order valence-electron chi connectivity index (χ0n) is 18.6. The Labute approximate surface area is 195 Å². The molecule has 1 aromatic carbocycles. The average molecular weight is 458 g/mol. The van der Waals surface area contributed by atoms with E-state index in [0.29, 0.717) is 34.4 Å². The van der Waals surface area contributed by atoms with E-state index in [4.69, 9.17) is 14.7 Å². The molecule has 0 radical (unpaired) electrons. The molecule has 4 heterocycles. The Morgan fingerprint density at radius 1 is 1.06 bits per heavy atom. The maximum atomic E-state index is 10.8. The van der Waals surface area contributed by atoms with Gasteiger partial charge in [-0.25, -0.2) is 9.97 Å². The number of imidazole rings is 1. The molecule has 1 N–H and O–H groups in total. The van der Waals surface area contributed by atoms with Crippen LogP contribution in [0.4, 0.5) is 0 Å². The molecule has 0 aliphatic carbocycles. The molecule has 0 aliphatic rings. The summed E-state index contributed by atoms with van der Waals surface area (Å²) in [5.74, 6) is 2.03. The van der Waals surface area contributed by atoms with Gasteiger partial charge in [0.05, 0.1) is 24.0 Å². The summed E-state index contributed by atoms with van der Waals surface area (Å²) in [5, 5.41) is 10.8. The van der Waals surface area contributed by atoms with E-state index in [9.17, 15) is 5.11 Å². The largest absolute Gasteiger partial charge is 0.492 e. The van der Waals surface area contributed by atoms with Gasteiger partial charge in [-0.3, -0.25) is 4.98 Å². The molecule has 0 atom stereocenters. The van der Waals surface area contributed by atoms with Crippen LogP contribution in [-0.2, 0) is 7.05 Å². The van der Waals surface area contributed by atoms with E-state index >= 15 is 0 Å². The van der Waals surface area contributed by atoms with E-state index < -0.39 is 0 Å². The van der Waals surface area contributed by atoms with Crippen LogP contribution in [0.5, 0.6) is 11.6 Å². The molecule has 5 rings (SSSR count). The van der Waals surface area contributed by atoms with Crippen molar-refractivity contribution in [3.8, 4) is 45.0 Å². The second-order valence-corrected chi connectivity index (χ2v) is 9.19. The number of ether oxygens (including phenoxy) is 1. The Hall–Kier alpha value is -3.78. The second-order valence-electron chi connectivity index (χ2n) is 8.17. The molecule has 33 heavy (non-hydrogen) atoms. The number of nitrogens with zero attached hydrogens (tertiary/aromatic N) is 5. The van der Waals surface area contributed by atoms with E-state index in [1.165, 1.54) is 11.3 Å². The number of thiophene rings is 1. The number of aryl methyl sites for hydroxylation is 1. The van der Waals surface area contributed by atoms with E-state index in [1.54, 1.807) is 12.4 Å². The normalized spacial score (nSPS) is 11.4. The first kappa shape index (κ1) is 21.1. The van der Waals surface area contributed by atoms with Gasteiger partial charge in [-0.05, 0) is 23.6 Å². The highest BCUT2D eigenvalue weighted by atomic mass is 32.1. The van der Waals surface area contributed by atoms with Crippen LogP contribution >= 0.6 is 11.3 Å². The first-order valence-electron chi connectivity index (χ1n) is 10.7. The van der Waals surface area contributed by atoms with Gasteiger partial charge in [-0.15, -0.1) is 11.3 Å². The van der Waals surface area contributed by atoms with Crippen LogP contribution in [0, 0.1) is 5.92 Å². The van der Waals surface area contributed by atoms with Gasteiger partial charge in [0, 0.05) is 29.9 Å². The topological polar surface area (TPSA) is 86.0 Å². The van der Waals surface area contributed by atoms with E-state index in [0.717, 1.165) is 27.4 Å². The van der Waals surface area contributed by atoms with Crippen LogP contribution in [0.3, 0.4) is 0 Å². The lowest BCUT2D eigenvalue weighted by molar-refractivity contribution is 0.270. The minimum atomic E-state index is -0.0664. The summed E-state index contributed by atoms with van der Waals surface area (Å²) in [6.07, 6.45) is 5.24. The standard InChI is InChI=1S/C25H23N5O2S/c1-15(2)14-32-17-9-10-18(27-13-17)19-20-22(33-21(19)16-7-5-4-6-8-16)25(31)29-23(28-20)24-26-11-12-30(24)3/h4-13,15H,14H2,1-3H3,(H,28,29,31). The van der Waals surface area contributed by atoms with Gasteiger partial charge in [0.25, 0.3) is 0 Å². The third-order valence-electron chi connectivity index (χ3n) is 5.15. The molecule has 0 amide bonds. The number of rotatable bonds is 6. The minimum Gasteiger partial charge on any atom is -0.492 e. The summed E-state index contributed by atoms with van der Waals surface area (Å²) in [4.78, 5) is 19.2. The second kappa shape index (κ2) is 8.63. The highest BCUT2D eigenvalue weighted by Gasteiger charge is 2.23. The number of pyridine rings is 1. The molecular formula is C25H23N5O2S. The van der Waals surface area contributed by atoms with Gasteiger partial charge in [-0.2, -0.15) is 4.98 Å². The molecule has 0 bridgehead atoms. The number of aromatic hydroxyl groups is 1. The lowest BCUT2D eigenvalue weighted by atomic mass is 10.1. The third kappa shape index (κ3) is 4.05. The predicted octanol–water partition coefficient (Wildman–Crippen LogP) is 5.56. The molecule has 4 aromatic heterocycles. The molecule has 0 fully saturated rings. The summed E-state index contributed by atoms with van der Waals surface area (Å²) in [6, 6.07) is 13.9. The molecule has 0 unspecified atom stereocenters. The fourth-order valence-electron chi connectivity index (χ4n) is 3.55. The van der Waals surface area contributed by atoms with Crippen LogP contribution in [0.2, 0.25) is 0 Å². The average Bonchev–Trinajstić information content (AvgIpc) is 3.42. The zero-order valence-corrected chi connectivity index (χ0v) is 19.4. The van der Waals surface area contributed by atoms with Crippen molar-refractivity contribution in [2.45, 2.75) is 13.8 Å². The van der Waals surface area contributed by atoms with Crippen LogP contribution in [-0.4, -0.2) is 36.2 Å². The molecule has 8 heteroatoms. The van der Waals surface area contributed by atoms with Crippen LogP contribution in [0.15, 0.2) is 61.1 Å². The lowest BCUT2D eigenvalue weighted by Crippen LogP contribution is -2.04.